The summed E-state index contributed by atoms with van der Waals surface area (Å²) in [5, 5.41) is 3.52. The van der Waals surface area contributed by atoms with Crippen LogP contribution in [0.15, 0.2) is 58.4 Å². The second-order valence-corrected chi connectivity index (χ2v) is 8.91. The Kier molecular flexibility index (Phi) is 3.91. The molecular formula is C23H19N3O3S. The lowest BCUT2D eigenvalue weighted by Gasteiger charge is -2.39. The van der Waals surface area contributed by atoms with E-state index in [0.717, 1.165) is 37.2 Å². The van der Waals surface area contributed by atoms with Crippen LogP contribution in [0.4, 0.5) is 5.69 Å². The molecular weight excluding hydrogens is 398 g/mol. The molecule has 2 amide bonds. The van der Waals surface area contributed by atoms with Gasteiger partial charge >= 0.3 is 0 Å². The topological polar surface area (TPSA) is 71.0 Å². The molecule has 1 fully saturated rings. The lowest BCUT2D eigenvalue weighted by Crippen LogP contribution is -2.44. The number of fused-ring (bicyclic) bond motifs is 3. The van der Waals surface area contributed by atoms with E-state index in [9.17, 15) is 9.59 Å². The fourth-order valence-corrected chi connectivity index (χ4v) is 5.85. The number of ether oxygens (including phenoxy) is 1. The molecule has 6 nitrogen and oxygen atoms in total. The molecule has 1 saturated heterocycles. The minimum absolute atomic E-state index is 0.230. The molecule has 0 aliphatic carbocycles. The van der Waals surface area contributed by atoms with Crippen molar-refractivity contribution in [2.45, 2.75) is 25.0 Å². The molecule has 30 heavy (non-hydrogen) atoms. The summed E-state index contributed by atoms with van der Waals surface area (Å²) >= 11 is 1.31. The van der Waals surface area contributed by atoms with E-state index < -0.39 is 0 Å². The van der Waals surface area contributed by atoms with Crippen molar-refractivity contribution in [3.63, 3.8) is 0 Å². The van der Waals surface area contributed by atoms with Crippen LogP contribution in [0.1, 0.15) is 29.5 Å². The minimum atomic E-state index is -0.334. The van der Waals surface area contributed by atoms with E-state index in [-0.39, 0.29) is 17.4 Å². The lowest BCUT2D eigenvalue weighted by atomic mass is 9.84. The fraction of sp³-hybridized carbons (Fsp3) is 0.261. The first kappa shape index (κ1) is 17.9. The van der Waals surface area contributed by atoms with Gasteiger partial charge in [-0.25, -0.2) is 0 Å². The van der Waals surface area contributed by atoms with Crippen molar-refractivity contribution in [2.75, 3.05) is 18.4 Å². The highest BCUT2D eigenvalue weighted by molar-refractivity contribution is 8.18. The second kappa shape index (κ2) is 6.55. The van der Waals surface area contributed by atoms with Gasteiger partial charge in [-0.3, -0.25) is 9.59 Å². The zero-order chi connectivity index (χ0) is 20.3. The van der Waals surface area contributed by atoms with Gasteiger partial charge < -0.3 is 15.0 Å². The average molecular weight is 417 g/mol. The van der Waals surface area contributed by atoms with Gasteiger partial charge in [0.15, 0.2) is 5.17 Å². The van der Waals surface area contributed by atoms with E-state index in [2.05, 4.69) is 39.5 Å². The molecule has 0 atom stereocenters. The van der Waals surface area contributed by atoms with Crippen LogP contribution in [0.3, 0.4) is 0 Å². The quantitative estimate of drug-likeness (QED) is 0.665. The highest BCUT2D eigenvalue weighted by atomic mass is 32.2. The number of hydrogen-bond acceptors (Lipinski definition) is 5. The zero-order valence-electron chi connectivity index (χ0n) is 16.2. The number of benzene rings is 2. The number of piperidine rings is 1. The molecule has 6 rings (SSSR count). The molecule has 2 aromatic carbocycles. The summed E-state index contributed by atoms with van der Waals surface area (Å²) in [5.41, 5.74) is 4.27. The maximum atomic E-state index is 12.7. The van der Waals surface area contributed by atoms with Gasteiger partial charge in [0.25, 0.3) is 11.8 Å². The Labute approximate surface area is 178 Å². The number of nitrogens with zero attached hydrogens (tertiary/aromatic N) is 2. The van der Waals surface area contributed by atoms with Crippen LogP contribution in [0.25, 0.3) is 5.57 Å². The molecule has 150 valence electrons. The van der Waals surface area contributed by atoms with E-state index in [1.165, 1.54) is 22.9 Å². The van der Waals surface area contributed by atoms with E-state index in [4.69, 9.17) is 4.74 Å². The Bertz CT molecular complexity index is 1160. The Morgan fingerprint density at radius 1 is 1.03 bits per heavy atom. The van der Waals surface area contributed by atoms with Crippen LogP contribution < -0.4 is 5.32 Å². The number of anilines is 1. The predicted molar refractivity (Wildman–Crippen MR) is 116 cm³/mol. The van der Waals surface area contributed by atoms with Crippen molar-refractivity contribution >= 4 is 40.0 Å². The van der Waals surface area contributed by atoms with Gasteiger partial charge in [0.05, 0.1) is 22.7 Å². The molecule has 7 heteroatoms. The molecule has 0 unspecified atom stereocenters. The molecule has 0 saturated carbocycles. The van der Waals surface area contributed by atoms with Gasteiger partial charge in [0, 0.05) is 24.3 Å². The molecule has 0 bridgehead atoms. The molecule has 4 aliphatic rings. The number of likely N-dealkylation sites (tertiary alicyclic amines) is 1. The summed E-state index contributed by atoms with van der Waals surface area (Å²) in [5.74, 6) is -0.573. The van der Waals surface area contributed by atoms with Crippen LogP contribution in [-0.2, 0) is 26.5 Å². The highest BCUT2D eigenvalue weighted by Crippen LogP contribution is 2.46. The Morgan fingerprint density at radius 2 is 1.80 bits per heavy atom. The number of aliphatic imine (C=N–C) groups is 1. The van der Waals surface area contributed by atoms with Gasteiger partial charge in [0.2, 0.25) is 0 Å². The Hall–Kier alpha value is -2.90. The Balaban J connectivity index is 1.24. The fourth-order valence-electron chi connectivity index (χ4n) is 4.79. The molecule has 4 heterocycles. The average Bonchev–Trinajstić information content (AvgIpc) is 3.42. The van der Waals surface area contributed by atoms with Crippen LogP contribution in [0.2, 0.25) is 0 Å². The van der Waals surface area contributed by atoms with Crippen LogP contribution in [0, 0.1) is 0 Å². The predicted octanol–water partition coefficient (Wildman–Crippen LogP) is 3.50. The summed E-state index contributed by atoms with van der Waals surface area (Å²) in [6, 6.07) is 15.9. The smallest absolute Gasteiger partial charge is 0.287 e. The lowest BCUT2D eigenvalue weighted by molar-refractivity contribution is -0.114. The second-order valence-electron chi connectivity index (χ2n) is 7.93. The summed E-state index contributed by atoms with van der Waals surface area (Å²) in [4.78, 5) is 32.1. The van der Waals surface area contributed by atoms with Gasteiger partial charge in [0.1, 0.15) is 0 Å². The molecule has 4 aliphatic heterocycles. The van der Waals surface area contributed by atoms with Crippen molar-refractivity contribution in [1.29, 1.82) is 0 Å². The number of amidine groups is 1. The van der Waals surface area contributed by atoms with Crippen molar-refractivity contribution in [1.82, 2.24) is 4.90 Å². The third kappa shape index (κ3) is 2.58. The molecule has 1 N–H and O–H groups in total. The van der Waals surface area contributed by atoms with E-state index in [1.54, 1.807) is 0 Å². The number of carbonyl (C=O) groups excluding carboxylic acids is 2. The normalized spacial score (nSPS) is 24.1. The first-order chi connectivity index (χ1) is 14.6. The molecule has 1 spiro atoms. The summed E-state index contributed by atoms with van der Waals surface area (Å²) in [6.07, 6.45) is 1.71. The monoisotopic (exact) mass is 417 g/mol. The number of carbonyl (C=O) groups is 2. The van der Waals surface area contributed by atoms with Crippen molar-refractivity contribution in [3.05, 3.63) is 70.1 Å². The summed E-state index contributed by atoms with van der Waals surface area (Å²) in [7, 11) is 0. The third-order valence-electron chi connectivity index (χ3n) is 6.34. The first-order valence-electron chi connectivity index (χ1n) is 10.1. The standard InChI is InChI=1S/C23H19N3O3S/c27-20-18(15-6-2-4-8-17(15)24-20)19-21(28)25-22(30-19)26-11-9-23(10-12-26)16-7-3-1-5-14(16)13-29-23/h1-8H,9-13H2,(H,24,27)/b19-18-. The number of hydrogen-bond donors (Lipinski definition) is 1. The van der Waals surface area contributed by atoms with Gasteiger partial charge in [-0.2, -0.15) is 4.99 Å². The van der Waals surface area contributed by atoms with Crippen molar-refractivity contribution < 1.29 is 14.3 Å². The van der Waals surface area contributed by atoms with E-state index in [0.29, 0.717) is 22.3 Å². The van der Waals surface area contributed by atoms with Crippen LogP contribution in [0.5, 0.6) is 0 Å². The minimum Gasteiger partial charge on any atom is -0.365 e. The maximum Gasteiger partial charge on any atom is 0.287 e. The number of thioether (sulfide) groups is 1. The maximum absolute atomic E-state index is 12.7. The number of amides is 2. The number of para-hydroxylation sites is 1. The number of rotatable bonds is 0. The molecule has 0 aromatic heterocycles. The van der Waals surface area contributed by atoms with Crippen LogP contribution >= 0.6 is 11.8 Å². The van der Waals surface area contributed by atoms with E-state index in [1.807, 2.05) is 24.3 Å². The number of nitrogens with one attached hydrogen (secondary N) is 1. The van der Waals surface area contributed by atoms with E-state index >= 15 is 0 Å². The van der Waals surface area contributed by atoms with Gasteiger partial charge in [-0.1, -0.05) is 42.5 Å². The Morgan fingerprint density at radius 3 is 2.67 bits per heavy atom. The first-order valence-corrected chi connectivity index (χ1v) is 10.9. The zero-order valence-corrected chi connectivity index (χ0v) is 17.0. The molecule has 0 radical (unpaired) electrons. The summed E-state index contributed by atoms with van der Waals surface area (Å²) < 4.78 is 6.24. The SMILES string of the molecule is O=C1N=C(N2CCC3(CC2)OCc2ccccc23)S/C1=C1\C(=O)Nc2ccccc21. The van der Waals surface area contributed by atoms with Gasteiger partial charge in [-0.05, 0) is 41.8 Å². The largest absolute Gasteiger partial charge is 0.365 e. The van der Waals surface area contributed by atoms with Crippen molar-refractivity contribution in [2.24, 2.45) is 4.99 Å². The van der Waals surface area contributed by atoms with Gasteiger partial charge in [-0.15, -0.1) is 0 Å². The highest BCUT2D eigenvalue weighted by Gasteiger charge is 2.44. The van der Waals surface area contributed by atoms with Crippen LogP contribution in [-0.4, -0.2) is 35.0 Å². The molecule has 2 aromatic rings. The third-order valence-corrected chi connectivity index (χ3v) is 7.45. The summed E-state index contributed by atoms with van der Waals surface area (Å²) in [6.45, 7) is 2.19. The van der Waals surface area contributed by atoms with Crippen molar-refractivity contribution in [3.8, 4) is 0 Å².